The van der Waals surface area contributed by atoms with Crippen molar-refractivity contribution in [2.24, 2.45) is 0 Å². The zero-order valence-corrected chi connectivity index (χ0v) is 12.6. The highest BCUT2D eigenvalue weighted by Crippen LogP contribution is 2.30. The Morgan fingerprint density at radius 3 is 2.58 bits per heavy atom. The molecule has 0 saturated carbocycles. The molecule has 1 atom stereocenters. The first-order chi connectivity index (χ1) is 9.13. The molecule has 0 spiro atoms. The maximum atomic E-state index is 6.10. The first-order valence-electron chi connectivity index (χ1n) is 6.35. The zero-order chi connectivity index (χ0) is 13.8. The number of benzene rings is 1. The van der Waals surface area contributed by atoms with Crippen LogP contribution in [0.25, 0.3) is 0 Å². The summed E-state index contributed by atoms with van der Waals surface area (Å²) < 4.78 is 5.61. The summed E-state index contributed by atoms with van der Waals surface area (Å²) >= 11 is 12.1. The Labute approximate surface area is 123 Å². The minimum Gasteiger partial charge on any atom is -0.467 e. The van der Waals surface area contributed by atoms with Gasteiger partial charge in [-0.3, -0.25) is 0 Å². The van der Waals surface area contributed by atoms with E-state index in [4.69, 9.17) is 27.6 Å². The Bertz CT molecular complexity index is 551. The molecule has 0 aliphatic heterocycles. The van der Waals surface area contributed by atoms with E-state index in [-0.39, 0.29) is 6.04 Å². The van der Waals surface area contributed by atoms with Gasteiger partial charge in [0.15, 0.2) is 0 Å². The third kappa shape index (κ3) is 3.33. The highest BCUT2D eigenvalue weighted by Gasteiger charge is 2.19. The maximum Gasteiger partial charge on any atom is 0.128 e. The third-order valence-corrected chi connectivity index (χ3v) is 3.78. The second-order valence-corrected chi connectivity index (χ2v) is 5.34. The molecule has 1 aromatic heterocycles. The number of aryl methyl sites for hydroxylation is 1. The molecule has 1 unspecified atom stereocenters. The molecule has 4 heteroatoms. The highest BCUT2D eigenvalue weighted by molar-refractivity contribution is 6.42. The number of furan rings is 1. The van der Waals surface area contributed by atoms with E-state index in [9.17, 15) is 0 Å². The molecule has 0 bridgehead atoms. The zero-order valence-electron chi connectivity index (χ0n) is 11.0. The molecule has 1 heterocycles. The van der Waals surface area contributed by atoms with Crippen molar-refractivity contribution >= 4 is 23.2 Å². The van der Waals surface area contributed by atoms with E-state index < -0.39 is 0 Å². The SMILES string of the molecule is CCCNC(c1ccc(Cl)c(Cl)c1)c1occc1C. The number of hydrogen-bond acceptors (Lipinski definition) is 2. The predicted octanol–water partition coefficient (Wildman–Crippen LogP) is 4.98. The van der Waals surface area contributed by atoms with E-state index in [1.165, 1.54) is 0 Å². The summed E-state index contributed by atoms with van der Waals surface area (Å²) in [6.07, 6.45) is 2.76. The molecule has 1 N–H and O–H groups in total. The molecule has 0 saturated heterocycles. The molecule has 0 amide bonds. The van der Waals surface area contributed by atoms with Crippen molar-refractivity contribution in [2.75, 3.05) is 6.54 Å². The fraction of sp³-hybridized carbons (Fsp3) is 0.333. The van der Waals surface area contributed by atoms with Crippen molar-refractivity contribution in [1.29, 1.82) is 0 Å². The van der Waals surface area contributed by atoms with Crippen molar-refractivity contribution in [3.8, 4) is 0 Å². The van der Waals surface area contributed by atoms with Crippen LogP contribution in [0.15, 0.2) is 34.9 Å². The van der Waals surface area contributed by atoms with Crippen molar-refractivity contribution in [3.05, 3.63) is 57.5 Å². The minimum atomic E-state index is 0.00437. The van der Waals surface area contributed by atoms with Gasteiger partial charge in [-0.15, -0.1) is 0 Å². The summed E-state index contributed by atoms with van der Waals surface area (Å²) in [5.74, 6) is 0.923. The lowest BCUT2D eigenvalue weighted by Gasteiger charge is -2.18. The van der Waals surface area contributed by atoms with Gasteiger partial charge < -0.3 is 9.73 Å². The van der Waals surface area contributed by atoms with Crippen LogP contribution in [0.3, 0.4) is 0 Å². The molecule has 102 valence electrons. The van der Waals surface area contributed by atoms with E-state index in [1.54, 1.807) is 6.26 Å². The lowest BCUT2D eigenvalue weighted by molar-refractivity contribution is 0.444. The van der Waals surface area contributed by atoms with Gasteiger partial charge in [-0.25, -0.2) is 0 Å². The average molecular weight is 298 g/mol. The van der Waals surface area contributed by atoms with Crippen LogP contribution in [-0.4, -0.2) is 6.54 Å². The van der Waals surface area contributed by atoms with Gasteiger partial charge in [-0.2, -0.15) is 0 Å². The van der Waals surface area contributed by atoms with Crippen LogP contribution in [0.4, 0.5) is 0 Å². The summed E-state index contributed by atoms with van der Waals surface area (Å²) in [5.41, 5.74) is 2.18. The van der Waals surface area contributed by atoms with Gasteiger partial charge in [0.25, 0.3) is 0 Å². The molecule has 0 aliphatic carbocycles. The lowest BCUT2D eigenvalue weighted by atomic mass is 10.0. The Balaban J connectivity index is 2.37. The first-order valence-corrected chi connectivity index (χ1v) is 7.11. The predicted molar refractivity (Wildman–Crippen MR) is 80.0 cm³/mol. The molecule has 19 heavy (non-hydrogen) atoms. The van der Waals surface area contributed by atoms with Crippen LogP contribution in [0.2, 0.25) is 10.0 Å². The second-order valence-electron chi connectivity index (χ2n) is 4.53. The molecule has 2 rings (SSSR count). The monoisotopic (exact) mass is 297 g/mol. The molecule has 1 aromatic carbocycles. The summed E-state index contributed by atoms with van der Waals surface area (Å²) in [6, 6.07) is 7.65. The topological polar surface area (TPSA) is 25.2 Å². The molecular formula is C15H17Cl2NO. The van der Waals surface area contributed by atoms with Crippen LogP contribution < -0.4 is 5.32 Å². The van der Waals surface area contributed by atoms with Crippen LogP contribution in [0, 0.1) is 6.92 Å². The molecular weight excluding hydrogens is 281 g/mol. The molecule has 0 radical (unpaired) electrons. The van der Waals surface area contributed by atoms with Crippen molar-refractivity contribution in [1.82, 2.24) is 5.32 Å². The Kier molecular flexibility index (Phi) is 4.92. The van der Waals surface area contributed by atoms with Gasteiger partial charge in [-0.05, 0) is 49.2 Å². The molecule has 2 aromatic rings. The molecule has 0 aliphatic rings. The normalized spacial score (nSPS) is 12.6. The number of halogens is 2. The standard InChI is InChI=1S/C15H17Cl2NO/c1-3-7-18-14(15-10(2)6-8-19-15)11-4-5-12(16)13(17)9-11/h4-6,8-9,14,18H,3,7H2,1-2H3. The fourth-order valence-electron chi connectivity index (χ4n) is 2.02. The minimum absolute atomic E-state index is 0.00437. The summed E-state index contributed by atoms with van der Waals surface area (Å²) in [7, 11) is 0. The van der Waals surface area contributed by atoms with E-state index in [2.05, 4.69) is 12.2 Å². The second kappa shape index (κ2) is 6.47. The summed E-state index contributed by atoms with van der Waals surface area (Å²) in [4.78, 5) is 0. The van der Waals surface area contributed by atoms with E-state index >= 15 is 0 Å². The average Bonchev–Trinajstić information content (AvgIpc) is 2.80. The van der Waals surface area contributed by atoms with Gasteiger partial charge in [0.2, 0.25) is 0 Å². The van der Waals surface area contributed by atoms with Crippen molar-refractivity contribution in [3.63, 3.8) is 0 Å². The number of nitrogens with one attached hydrogen (secondary N) is 1. The first kappa shape index (κ1) is 14.4. The van der Waals surface area contributed by atoms with Crippen LogP contribution >= 0.6 is 23.2 Å². The van der Waals surface area contributed by atoms with Gasteiger partial charge in [-0.1, -0.05) is 36.2 Å². The fourth-order valence-corrected chi connectivity index (χ4v) is 2.33. The van der Waals surface area contributed by atoms with E-state index in [0.717, 1.165) is 29.9 Å². The van der Waals surface area contributed by atoms with Gasteiger partial charge in [0, 0.05) is 0 Å². The van der Waals surface area contributed by atoms with E-state index in [0.29, 0.717) is 10.0 Å². The lowest BCUT2D eigenvalue weighted by Crippen LogP contribution is -2.23. The summed E-state index contributed by atoms with van der Waals surface area (Å²) in [6.45, 7) is 5.08. The number of rotatable bonds is 5. The Hall–Kier alpha value is -0.960. The highest BCUT2D eigenvalue weighted by atomic mass is 35.5. The quantitative estimate of drug-likeness (QED) is 0.841. The molecule has 0 fully saturated rings. The smallest absolute Gasteiger partial charge is 0.128 e. The largest absolute Gasteiger partial charge is 0.467 e. The van der Waals surface area contributed by atoms with Gasteiger partial charge >= 0.3 is 0 Å². The van der Waals surface area contributed by atoms with Gasteiger partial charge in [0.1, 0.15) is 5.76 Å². The number of hydrogen-bond donors (Lipinski definition) is 1. The maximum absolute atomic E-state index is 6.10. The van der Waals surface area contributed by atoms with Crippen LogP contribution in [0.5, 0.6) is 0 Å². The summed E-state index contributed by atoms with van der Waals surface area (Å²) in [5, 5.41) is 4.61. The van der Waals surface area contributed by atoms with E-state index in [1.807, 2.05) is 31.2 Å². The molecule has 2 nitrogen and oxygen atoms in total. The van der Waals surface area contributed by atoms with Gasteiger partial charge in [0.05, 0.1) is 22.4 Å². The van der Waals surface area contributed by atoms with Crippen molar-refractivity contribution < 1.29 is 4.42 Å². The third-order valence-electron chi connectivity index (χ3n) is 3.04. The Morgan fingerprint density at radius 2 is 2.00 bits per heavy atom. The Morgan fingerprint density at radius 1 is 1.21 bits per heavy atom. The van der Waals surface area contributed by atoms with Crippen LogP contribution in [-0.2, 0) is 0 Å². The van der Waals surface area contributed by atoms with Crippen LogP contribution in [0.1, 0.15) is 36.3 Å². The van der Waals surface area contributed by atoms with Crippen molar-refractivity contribution in [2.45, 2.75) is 26.3 Å².